The second-order valence-corrected chi connectivity index (χ2v) is 4.40. The Bertz CT molecular complexity index is 230. The Hall–Kier alpha value is -0.850. The minimum atomic E-state index is -0.0746. The maximum Gasteiger partial charge on any atom is 0.205 e. The van der Waals surface area contributed by atoms with Crippen molar-refractivity contribution in [2.75, 3.05) is 26.9 Å². The Morgan fingerprint density at radius 2 is 1.50 bits per heavy atom. The topological polar surface area (TPSA) is 35.5 Å². The lowest BCUT2D eigenvalue weighted by atomic mass is 10.1. The van der Waals surface area contributed by atoms with E-state index in [1.54, 1.807) is 7.11 Å². The molecular weight excluding hydrogens is 228 g/mol. The molecule has 0 aliphatic carbocycles. The summed E-state index contributed by atoms with van der Waals surface area (Å²) in [4.78, 5) is 10.8. The third-order valence-corrected chi connectivity index (χ3v) is 2.74. The van der Waals surface area contributed by atoms with Crippen LogP contribution in [0, 0.1) is 12.3 Å². The van der Waals surface area contributed by atoms with Crippen LogP contribution in [0.2, 0.25) is 0 Å². The first-order valence-corrected chi connectivity index (χ1v) is 6.87. The van der Waals surface area contributed by atoms with Gasteiger partial charge in [-0.3, -0.25) is 4.79 Å². The van der Waals surface area contributed by atoms with Gasteiger partial charge in [0.15, 0.2) is 0 Å². The number of carbonyl (C=O) groups is 1. The summed E-state index contributed by atoms with van der Waals surface area (Å²) in [5, 5.41) is 0. The molecule has 0 aromatic heterocycles. The minimum absolute atomic E-state index is 0.0746. The number of ketones is 1. The molecule has 104 valence electrons. The van der Waals surface area contributed by atoms with Crippen LogP contribution in [0.3, 0.4) is 0 Å². The van der Waals surface area contributed by atoms with Crippen LogP contribution < -0.4 is 0 Å². The number of terminal acetylenes is 1. The average molecular weight is 254 g/mol. The summed E-state index contributed by atoms with van der Waals surface area (Å²) in [6, 6.07) is 0. The molecule has 0 unspecified atom stereocenters. The summed E-state index contributed by atoms with van der Waals surface area (Å²) in [5.41, 5.74) is 0. The first-order chi connectivity index (χ1) is 8.81. The Morgan fingerprint density at radius 1 is 0.944 bits per heavy atom. The molecule has 18 heavy (non-hydrogen) atoms. The molecule has 0 rings (SSSR count). The van der Waals surface area contributed by atoms with Crippen molar-refractivity contribution < 1.29 is 14.3 Å². The largest absolute Gasteiger partial charge is 0.385 e. The third kappa shape index (κ3) is 13.2. The van der Waals surface area contributed by atoms with E-state index in [4.69, 9.17) is 15.9 Å². The van der Waals surface area contributed by atoms with Gasteiger partial charge in [-0.2, -0.15) is 0 Å². The summed E-state index contributed by atoms with van der Waals surface area (Å²) >= 11 is 0. The molecule has 0 fully saturated rings. The number of methoxy groups -OCH3 is 1. The Labute approximate surface area is 111 Å². The van der Waals surface area contributed by atoms with Gasteiger partial charge in [0.25, 0.3) is 0 Å². The molecule has 0 aromatic carbocycles. The molecule has 0 spiro atoms. The van der Waals surface area contributed by atoms with Crippen LogP contribution in [0.15, 0.2) is 0 Å². The van der Waals surface area contributed by atoms with Gasteiger partial charge >= 0.3 is 0 Å². The molecule has 0 saturated heterocycles. The Kier molecular flexibility index (Phi) is 13.5. The third-order valence-electron chi connectivity index (χ3n) is 2.74. The number of ether oxygens (including phenoxy) is 2. The zero-order valence-corrected chi connectivity index (χ0v) is 11.6. The van der Waals surface area contributed by atoms with E-state index in [1.165, 1.54) is 6.42 Å². The Morgan fingerprint density at radius 3 is 2.17 bits per heavy atom. The highest BCUT2D eigenvalue weighted by atomic mass is 16.5. The number of hydrogen-bond donors (Lipinski definition) is 0. The fourth-order valence-electron chi connectivity index (χ4n) is 1.64. The van der Waals surface area contributed by atoms with Crippen LogP contribution in [0.4, 0.5) is 0 Å². The fourth-order valence-corrected chi connectivity index (χ4v) is 1.64. The number of carbonyl (C=O) groups excluding carboxylic acids is 1. The summed E-state index contributed by atoms with van der Waals surface area (Å²) in [7, 11) is 1.72. The SMILES string of the molecule is C#CC(=O)CCCCCCCOCCCCOC. The fraction of sp³-hybridized carbons (Fsp3) is 0.800. The smallest absolute Gasteiger partial charge is 0.205 e. The van der Waals surface area contributed by atoms with Crippen molar-refractivity contribution in [1.29, 1.82) is 0 Å². The first-order valence-electron chi connectivity index (χ1n) is 6.87. The van der Waals surface area contributed by atoms with E-state index in [0.717, 1.165) is 58.3 Å². The lowest BCUT2D eigenvalue weighted by Gasteiger charge is -2.04. The molecule has 0 radical (unpaired) electrons. The molecule has 3 heteroatoms. The molecule has 0 atom stereocenters. The molecule has 0 aliphatic heterocycles. The zero-order chi connectivity index (χ0) is 13.5. The van der Waals surface area contributed by atoms with E-state index in [-0.39, 0.29) is 5.78 Å². The number of Topliss-reactive ketones (excluding diaryl/α,β-unsaturated/α-hetero) is 1. The molecule has 0 saturated carbocycles. The van der Waals surface area contributed by atoms with Gasteiger partial charge < -0.3 is 9.47 Å². The van der Waals surface area contributed by atoms with Gasteiger partial charge in [0, 0.05) is 33.4 Å². The van der Waals surface area contributed by atoms with Gasteiger partial charge in [0.2, 0.25) is 5.78 Å². The molecule has 3 nitrogen and oxygen atoms in total. The van der Waals surface area contributed by atoms with Gasteiger partial charge in [-0.15, -0.1) is 6.42 Å². The van der Waals surface area contributed by atoms with Gasteiger partial charge in [0.05, 0.1) is 0 Å². The molecule has 0 N–H and O–H groups in total. The molecule has 0 heterocycles. The van der Waals surface area contributed by atoms with Gasteiger partial charge in [0.1, 0.15) is 0 Å². The van der Waals surface area contributed by atoms with Crippen molar-refractivity contribution >= 4 is 5.78 Å². The highest BCUT2D eigenvalue weighted by Gasteiger charge is 1.96. The van der Waals surface area contributed by atoms with E-state index in [2.05, 4.69) is 5.92 Å². The standard InChI is InChI=1S/C15H26O3/c1-3-15(16)11-7-5-4-6-8-13-18-14-10-9-12-17-2/h1H,4-14H2,2H3. The summed E-state index contributed by atoms with van der Waals surface area (Å²) < 4.78 is 10.5. The van der Waals surface area contributed by atoms with E-state index in [1.807, 2.05) is 0 Å². The normalized spacial score (nSPS) is 10.2. The lowest BCUT2D eigenvalue weighted by Crippen LogP contribution is -1.99. The van der Waals surface area contributed by atoms with E-state index in [9.17, 15) is 4.79 Å². The van der Waals surface area contributed by atoms with Crippen LogP contribution in [-0.2, 0) is 14.3 Å². The highest BCUT2D eigenvalue weighted by Crippen LogP contribution is 2.06. The molecular formula is C15H26O3. The van der Waals surface area contributed by atoms with Crippen LogP contribution in [0.25, 0.3) is 0 Å². The number of unbranched alkanes of at least 4 members (excludes halogenated alkanes) is 5. The van der Waals surface area contributed by atoms with E-state index in [0.29, 0.717) is 6.42 Å². The predicted molar refractivity (Wildman–Crippen MR) is 73.5 cm³/mol. The molecule has 0 amide bonds. The van der Waals surface area contributed by atoms with E-state index >= 15 is 0 Å². The average Bonchev–Trinajstić information content (AvgIpc) is 2.39. The number of hydrogen-bond acceptors (Lipinski definition) is 3. The maximum absolute atomic E-state index is 10.8. The number of rotatable bonds is 13. The maximum atomic E-state index is 10.8. The quantitative estimate of drug-likeness (QED) is 0.288. The monoisotopic (exact) mass is 254 g/mol. The summed E-state index contributed by atoms with van der Waals surface area (Å²) in [5.74, 6) is 2.06. The van der Waals surface area contributed by atoms with Crippen molar-refractivity contribution in [2.45, 2.75) is 51.4 Å². The van der Waals surface area contributed by atoms with Gasteiger partial charge in [-0.05, 0) is 31.6 Å². The Balaban J connectivity index is 2.99. The highest BCUT2D eigenvalue weighted by molar-refractivity contribution is 5.94. The summed E-state index contributed by atoms with van der Waals surface area (Å²) in [6.07, 6.45) is 13.1. The van der Waals surface area contributed by atoms with Gasteiger partial charge in [-0.25, -0.2) is 0 Å². The van der Waals surface area contributed by atoms with E-state index < -0.39 is 0 Å². The molecule has 0 aliphatic rings. The van der Waals surface area contributed by atoms with Crippen molar-refractivity contribution in [1.82, 2.24) is 0 Å². The van der Waals surface area contributed by atoms with Crippen LogP contribution in [0.1, 0.15) is 51.4 Å². The van der Waals surface area contributed by atoms with Crippen molar-refractivity contribution in [3.05, 3.63) is 0 Å². The first kappa shape index (κ1) is 17.2. The van der Waals surface area contributed by atoms with Crippen LogP contribution in [-0.4, -0.2) is 32.7 Å². The van der Waals surface area contributed by atoms with Crippen molar-refractivity contribution in [3.8, 4) is 12.3 Å². The van der Waals surface area contributed by atoms with Crippen LogP contribution in [0.5, 0.6) is 0 Å². The molecule has 0 bridgehead atoms. The second kappa shape index (κ2) is 14.2. The summed E-state index contributed by atoms with van der Waals surface area (Å²) in [6.45, 7) is 2.50. The van der Waals surface area contributed by atoms with Crippen molar-refractivity contribution in [3.63, 3.8) is 0 Å². The van der Waals surface area contributed by atoms with Gasteiger partial charge in [-0.1, -0.05) is 19.3 Å². The van der Waals surface area contributed by atoms with Crippen LogP contribution >= 0.6 is 0 Å². The van der Waals surface area contributed by atoms with Crippen molar-refractivity contribution in [2.24, 2.45) is 0 Å². The lowest BCUT2D eigenvalue weighted by molar-refractivity contribution is -0.113. The zero-order valence-electron chi connectivity index (χ0n) is 11.6. The minimum Gasteiger partial charge on any atom is -0.385 e. The molecule has 0 aromatic rings. The predicted octanol–water partition coefficient (Wildman–Crippen LogP) is 2.97. The second-order valence-electron chi connectivity index (χ2n) is 4.40.